The Morgan fingerprint density at radius 2 is 2.06 bits per heavy atom. The highest BCUT2D eigenvalue weighted by Gasteiger charge is 2.37. The quantitative estimate of drug-likeness (QED) is 0.853. The molecular weight excluding hydrogens is 279 g/mol. The summed E-state index contributed by atoms with van der Waals surface area (Å²) in [5.74, 6) is -0.690. The van der Waals surface area contributed by atoms with Crippen LogP contribution in [0.4, 0.5) is 13.2 Å². The third kappa shape index (κ3) is 4.22. The van der Waals surface area contributed by atoms with E-state index < -0.39 is 27.6 Å². The summed E-state index contributed by atoms with van der Waals surface area (Å²) in [5.41, 5.74) is -1.06. The number of halogens is 3. The number of nitrogens with zero attached hydrogens (tertiary/aromatic N) is 1. The summed E-state index contributed by atoms with van der Waals surface area (Å²) in [4.78, 5) is 3.22. The van der Waals surface area contributed by atoms with Gasteiger partial charge in [-0.2, -0.15) is 13.2 Å². The van der Waals surface area contributed by atoms with Crippen LogP contribution in [0.25, 0.3) is 0 Å². The largest absolute Gasteiger partial charge is 0.434 e. The Hall–Kier alpha value is -0.710. The second-order valence-corrected chi connectivity index (χ2v) is 6.00. The fourth-order valence-electron chi connectivity index (χ4n) is 1.14. The van der Waals surface area contributed by atoms with E-state index in [2.05, 4.69) is 10.3 Å². The van der Waals surface area contributed by atoms with E-state index >= 15 is 0 Å². The van der Waals surface area contributed by atoms with Crippen LogP contribution in [0.1, 0.15) is 15.6 Å². The number of primary sulfonamides is 1. The Bertz CT molecular complexity index is 495. The molecule has 0 amide bonds. The first-order valence-corrected chi connectivity index (χ1v) is 6.87. The molecule has 0 bridgehead atoms. The molecular formula is C7H10F3N3O2S2. The van der Waals surface area contributed by atoms with Crippen molar-refractivity contribution in [1.29, 1.82) is 0 Å². The van der Waals surface area contributed by atoms with Crippen molar-refractivity contribution in [1.82, 2.24) is 10.3 Å². The SMILES string of the molecule is CNCc1sc(CS(N)(=O)=O)nc1C(F)(F)F. The number of nitrogens with one attached hydrogen (secondary N) is 1. The maximum absolute atomic E-state index is 12.6. The molecule has 0 aliphatic rings. The first-order valence-electron chi connectivity index (χ1n) is 4.34. The van der Waals surface area contributed by atoms with Crippen LogP contribution in [-0.4, -0.2) is 20.4 Å². The van der Waals surface area contributed by atoms with Crippen LogP contribution in [0.5, 0.6) is 0 Å². The van der Waals surface area contributed by atoms with Crippen LogP contribution in [0, 0.1) is 0 Å². The molecule has 3 N–H and O–H groups in total. The minimum Gasteiger partial charge on any atom is -0.315 e. The number of thiazole rings is 1. The van der Waals surface area contributed by atoms with Crippen molar-refractivity contribution in [3.8, 4) is 0 Å². The number of rotatable bonds is 4. The van der Waals surface area contributed by atoms with Crippen LogP contribution in [0.2, 0.25) is 0 Å². The molecule has 0 aliphatic heterocycles. The number of hydrogen-bond acceptors (Lipinski definition) is 5. The number of alkyl halides is 3. The maximum Gasteiger partial charge on any atom is 0.434 e. The zero-order valence-electron chi connectivity index (χ0n) is 8.71. The Balaban J connectivity index is 3.13. The van der Waals surface area contributed by atoms with Gasteiger partial charge in [-0.15, -0.1) is 11.3 Å². The predicted octanol–water partition coefficient (Wildman–Crippen LogP) is 0.670. The molecule has 98 valence electrons. The lowest BCUT2D eigenvalue weighted by Crippen LogP contribution is -2.15. The number of aromatic nitrogens is 1. The molecule has 0 aliphatic carbocycles. The Labute approximate surface area is 99.9 Å². The van der Waals surface area contributed by atoms with Crippen LogP contribution >= 0.6 is 11.3 Å². The van der Waals surface area contributed by atoms with Crippen molar-refractivity contribution in [3.63, 3.8) is 0 Å². The Kier molecular flexibility index (Phi) is 4.12. The summed E-state index contributed by atoms with van der Waals surface area (Å²) in [6.45, 7) is -0.0306. The molecule has 17 heavy (non-hydrogen) atoms. The third-order valence-electron chi connectivity index (χ3n) is 1.67. The highest BCUT2D eigenvalue weighted by atomic mass is 32.2. The highest BCUT2D eigenvalue weighted by molar-refractivity contribution is 7.88. The van der Waals surface area contributed by atoms with Gasteiger partial charge in [0.25, 0.3) is 0 Å². The monoisotopic (exact) mass is 289 g/mol. The molecule has 5 nitrogen and oxygen atoms in total. The molecule has 0 atom stereocenters. The van der Waals surface area contributed by atoms with Crippen molar-refractivity contribution in [2.75, 3.05) is 7.05 Å². The summed E-state index contributed by atoms with van der Waals surface area (Å²) in [6.07, 6.45) is -4.60. The topological polar surface area (TPSA) is 85.1 Å². The molecule has 0 fully saturated rings. The first-order chi connectivity index (χ1) is 7.63. The number of sulfonamides is 1. The van der Waals surface area contributed by atoms with E-state index in [4.69, 9.17) is 5.14 Å². The normalized spacial score (nSPS) is 13.0. The van der Waals surface area contributed by atoms with E-state index in [9.17, 15) is 21.6 Å². The van der Waals surface area contributed by atoms with Crippen molar-refractivity contribution >= 4 is 21.4 Å². The van der Waals surface area contributed by atoms with E-state index in [1.54, 1.807) is 0 Å². The van der Waals surface area contributed by atoms with Gasteiger partial charge >= 0.3 is 6.18 Å². The van der Waals surface area contributed by atoms with Crippen molar-refractivity contribution in [3.05, 3.63) is 15.6 Å². The minimum atomic E-state index is -4.60. The van der Waals surface area contributed by atoms with Gasteiger partial charge in [0.1, 0.15) is 10.8 Å². The van der Waals surface area contributed by atoms with E-state index in [1.807, 2.05) is 0 Å². The fraction of sp³-hybridized carbons (Fsp3) is 0.571. The van der Waals surface area contributed by atoms with Crippen molar-refractivity contribution < 1.29 is 21.6 Å². The van der Waals surface area contributed by atoms with Gasteiger partial charge in [0.15, 0.2) is 5.69 Å². The zero-order chi connectivity index (χ0) is 13.3. The molecule has 1 aromatic rings. The molecule has 1 heterocycles. The molecule has 0 saturated carbocycles. The summed E-state index contributed by atoms with van der Waals surface area (Å²) in [5, 5.41) is 7.15. The fourth-order valence-corrected chi connectivity index (χ4v) is 3.17. The van der Waals surface area contributed by atoms with E-state index in [0.717, 1.165) is 0 Å². The predicted molar refractivity (Wildman–Crippen MR) is 56.7 cm³/mol. The second-order valence-electron chi connectivity index (χ2n) is 3.21. The van der Waals surface area contributed by atoms with Gasteiger partial charge in [-0.05, 0) is 7.05 Å². The zero-order valence-corrected chi connectivity index (χ0v) is 10.3. The van der Waals surface area contributed by atoms with Crippen LogP contribution in [-0.2, 0) is 28.5 Å². The second kappa shape index (κ2) is 4.88. The van der Waals surface area contributed by atoms with Crippen molar-refractivity contribution in [2.24, 2.45) is 5.14 Å². The van der Waals surface area contributed by atoms with E-state index in [1.165, 1.54) is 7.05 Å². The Morgan fingerprint density at radius 1 is 1.47 bits per heavy atom. The maximum atomic E-state index is 12.6. The molecule has 0 saturated heterocycles. The van der Waals surface area contributed by atoms with Crippen LogP contribution in [0.3, 0.4) is 0 Å². The van der Waals surface area contributed by atoms with E-state index in [0.29, 0.717) is 11.3 Å². The van der Waals surface area contributed by atoms with Gasteiger partial charge in [0, 0.05) is 6.54 Å². The molecule has 1 aromatic heterocycles. The molecule has 0 unspecified atom stereocenters. The molecule has 0 spiro atoms. The average Bonchev–Trinajstić information content (AvgIpc) is 2.44. The van der Waals surface area contributed by atoms with Gasteiger partial charge in [0.2, 0.25) is 10.0 Å². The van der Waals surface area contributed by atoms with Gasteiger partial charge in [-0.3, -0.25) is 0 Å². The summed E-state index contributed by atoms with van der Waals surface area (Å²) < 4.78 is 59.2. The van der Waals surface area contributed by atoms with Crippen molar-refractivity contribution in [2.45, 2.75) is 18.5 Å². The highest BCUT2D eigenvalue weighted by Crippen LogP contribution is 2.34. The number of hydrogen-bond donors (Lipinski definition) is 2. The lowest BCUT2D eigenvalue weighted by atomic mass is 10.3. The van der Waals surface area contributed by atoms with Gasteiger partial charge < -0.3 is 5.32 Å². The van der Waals surface area contributed by atoms with Crippen LogP contribution < -0.4 is 10.5 Å². The molecule has 10 heteroatoms. The summed E-state index contributed by atoms with van der Waals surface area (Å²) >= 11 is 0.685. The van der Waals surface area contributed by atoms with Gasteiger partial charge in [-0.25, -0.2) is 18.5 Å². The molecule has 1 rings (SSSR count). The third-order valence-corrected chi connectivity index (χ3v) is 3.59. The first kappa shape index (κ1) is 14.4. The van der Waals surface area contributed by atoms with E-state index in [-0.39, 0.29) is 16.4 Å². The molecule has 0 radical (unpaired) electrons. The smallest absolute Gasteiger partial charge is 0.315 e. The summed E-state index contributed by atoms with van der Waals surface area (Å²) in [7, 11) is -2.40. The van der Waals surface area contributed by atoms with Gasteiger partial charge in [-0.1, -0.05) is 0 Å². The number of nitrogens with two attached hydrogens (primary N) is 1. The lowest BCUT2D eigenvalue weighted by Gasteiger charge is -2.04. The van der Waals surface area contributed by atoms with Gasteiger partial charge in [0.05, 0.1) is 4.88 Å². The van der Waals surface area contributed by atoms with Crippen LogP contribution in [0.15, 0.2) is 0 Å². The lowest BCUT2D eigenvalue weighted by molar-refractivity contribution is -0.141. The molecule has 0 aromatic carbocycles. The average molecular weight is 289 g/mol. The minimum absolute atomic E-state index is 0.0306. The standard InChI is InChI=1S/C7H10F3N3O2S2/c1-12-2-4-6(7(8,9)10)13-5(16-4)3-17(11,14)15/h12H,2-3H2,1H3,(H2,11,14,15). The summed E-state index contributed by atoms with van der Waals surface area (Å²) in [6, 6.07) is 0. The Morgan fingerprint density at radius 3 is 2.47 bits per heavy atom.